The van der Waals surface area contributed by atoms with Gasteiger partial charge in [-0.1, -0.05) is 23.7 Å². The van der Waals surface area contributed by atoms with E-state index in [2.05, 4.69) is 31.7 Å². The molecule has 1 saturated heterocycles. The summed E-state index contributed by atoms with van der Waals surface area (Å²) < 4.78 is 5.96. The summed E-state index contributed by atoms with van der Waals surface area (Å²) in [7, 11) is 0. The van der Waals surface area contributed by atoms with Crippen LogP contribution in [-0.2, 0) is 11.2 Å². The average Bonchev–Trinajstić information content (AvgIpc) is 2.26. The molecule has 3 nitrogen and oxygen atoms in total. The van der Waals surface area contributed by atoms with Gasteiger partial charge < -0.3 is 15.4 Å². The Morgan fingerprint density at radius 2 is 2.21 bits per heavy atom. The number of ether oxygens (including phenoxy) is 1. The highest BCUT2D eigenvalue weighted by molar-refractivity contribution is 6.33. The molecule has 1 fully saturated rings. The third kappa shape index (κ3) is 3.41. The number of anilines is 1. The molecule has 2 rings (SSSR count). The van der Waals surface area contributed by atoms with Crippen molar-refractivity contribution in [3.8, 4) is 0 Å². The SMILES string of the molecule is CC1CN(c2c(Cl)cccc2CCN)CC(C)(C)O1. The molecular weight excluding hydrogens is 260 g/mol. The number of benzene rings is 1. The summed E-state index contributed by atoms with van der Waals surface area (Å²) in [6.07, 6.45) is 1.05. The Hall–Kier alpha value is -0.770. The van der Waals surface area contributed by atoms with E-state index < -0.39 is 0 Å². The molecule has 1 unspecified atom stereocenters. The molecule has 1 aromatic rings. The van der Waals surface area contributed by atoms with Crippen LogP contribution in [0.2, 0.25) is 5.02 Å². The minimum Gasteiger partial charge on any atom is -0.369 e. The second kappa shape index (κ2) is 5.70. The molecule has 0 aliphatic carbocycles. The van der Waals surface area contributed by atoms with Crippen molar-refractivity contribution >= 4 is 17.3 Å². The van der Waals surface area contributed by atoms with Gasteiger partial charge in [0.2, 0.25) is 0 Å². The molecule has 106 valence electrons. The van der Waals surface area contributed by atoms with Crippen LogP contribution in [0.3, 0.4) is 0 Å². The molecule has 2 N–H and O–H groups in total. The van der Waals surface area contributed by atoms with Gasteiger partial charge in [-0.25, -0.2) is 0 Å². The zero-order chi connectivity index (χ0) is 14.0. The predicted octanol–water partition coefficient (Wildman–Crippen LogP) is 2.84. The van der Waals surface area contributed by atoms with Crippen molar-refractivity contribution in [2.45, 2.75) is 38.9 Å². The number of morpholine rings is 1. The minimum absolute atomic E-state index is 0.156. The van der Waals surface area contributed by atoms with Gasteiger partial charge in [0.1, 0.15) is 0 Å². The van der Waals surface area contributed by atoms with Crippen molar-refractivity contribution in [2.75, 3.05) is 24.5 Å². The minimum atomic E-state index is -0.156. The van der Waals surface area contributed by atoms with Crippen molar-refractivity contribution in [3.05, 3.63) is 28.8 Å². The van der Waals surface area contributed by atoms with Gasteiger partial charge in [0.05, 0.1) is 22.4 Å². The molecule has 4 heteroatoms. The van der Waals surface area contributed by atoms with Gasteiger partial charge >= 0.3 is 0 Å². The van der Waals surface area contributed by atoms with Crippen LogP contribution in [0.1, 0.15) is 26.3 Å². The highest BCUT2D eigenvalue weighted by Gasteiger charge is 2.32. The number of hydrogen-bond donors (Lipinski definition) is 1. The summed E-state index contributed by atoms with van der Waals surface area (Å²) in [4.78, 5) is 2.33. The topological polar surface area (TPSA) is 38.5 Å². The number of halogens is 1. The lowest BCUT2D eigenvalue weighted by molar-refractivity contribution is -0.0750. The average molecular weight is 283 g/mol. The molecule has 0 radical (unpaired) electrons. The van der Waals surface area contributed by atoms with Gasteiger partial charge in [-0.3, -0.25) is 0 Å². The van der Waals surface area contributed by atoms with Crippen LogP contribution >= 0.6 is 11.6 Å². The monoisotopic (exact) mass is 282 g/mol. The van der Waals surface area contributed by atoms with Crippen molar-refractivity contribution in [3.63, 3.8) is 0 Å². The second-order valence-electron chi connectivity index (χ2n) is 5.85. The summed E-state index contributed by atoms with van der Waals surface area (Å²) >= 11 is 6.42. The van der Waals surface area contributed by atoms with E-state index in [1.807, 2.05) is 12.1 Å². The Kier molecular flexibility index (Phi) is 4.39. The lowest BCUT2D eigenvalue weighted by Gasteiger charge is -2.43. The van der Waals surface area contributed by atoms with E-state index in [0.717, 1.165) is 30.2 Å². The van der Waals surface area contributed by atoms with Gasteiger partial charge in [-0.15, -0.1) is 0 Å². The van der Waals surface area contributed by atoms with Gasteiger partial charge in [-0.2, -0.15) is 0 Å². The molecule has 1 heterocycles. The Morgan fingerprint density at radius 3 is 2.84 bits per heavy atom. The van der Waals surface area contributed by atoms with E-state index in [-0.39, 0.29) is 11.7 Å². The number of nitrogens with two attached hydrogens (primary N) is 1. The van der Waals surface area contributed by atoms with Crippen molar-refractivity contribution in [2.24, 2.45) is 5.73 Å². The Morgan fingerprint density at radius 1 is 1.47 bits per heavy atom. The molecule has 0 aromatic heterocycles. The molecule has 1 aliphatic rings. The number of rotatable bonds is 3. The molecule has 0 spiro atoms. The largest absolute Gasteiger partial charge is 0.369 e. The zero-order valence-electron chi connectivity index (χ0n) is 11.9. The lowest BCUT2D eigenvalue weighted by Crippen LogP contribution is -2.52. The molecule has 0 saturated carbocycles. The second-order valence-corrected chi connectivity index (χ2v) is 6.26. The maximum atomic E-state index is 6.42. The van der Waals surface area contributed by atoms with Crippen LogP contribution in [0.5, 0.6) is 0 Å². The summed E-state index contributed by atoms with van der Waals surface area (Å²) in [5.41, 5.74) is 7.89. The Bertz CT molecular complexity index is 448. The van der Waals surface area contributed by atoms with Crippen LogP contribution in [-0.4, -0.2) is 31.3 Å². The molecule has 1 aromatic carbocycles. The summed E-state index contributed by atoms with van der Waals surface area (Å²) in [6, 6.07) is 6.05. The smallest absolute Gasteiger partial charge is 0.0805 e. The van der Waals surface area contributed by atoms with E-state index in [0.29, 0.717) is 6.54 Å². The standard InChI is InChI=1S/C15H23ClN2O/c1-11-9-18(10-15(2,3)19-11)14-12(7-8-17)5-4-6-13(14)16/h4-6,11H,7-10,17H2,1-3H3. The van der Waals surface area contributed by atoms with E-state index in [1.165, 1.54) is 5.56 Å². The van der Waals surface area contributed by atoms with E-state index in [9.17, 15) is 0 Å². The lowest BCUT2D eigenvalue weighted by atomic mass is 10.0. The Balaban J connectivity index is 2.35. The fourth-order valence-electron chi connectivity index (χ4n) is 2.90. The fraction of sp³-hybridized carbons (Fsp3) is 0.600. The first-order valence-electron chi connectivity index (χ1n) is 6.83. The van der Waals surface area contributed by atoms with Crippen LogP contribution in [0.15, 0.2) is 18.2 Å². The fourth-order valence-corrected chi connectivity index (χ4v) is 3.21. The van der Waals surface area contributed by atoms with Gasteiger partial charge in [0.25, 0.3) is 0 Å². The first kappa shape index (κ1) is 14.6. The molecule has 1 aliphatic heterocycles. The molecule has 1 atom stereocenters. The van der Waals surface area contributed by atoms with Crippen molar-refractivity contribution in [1.29, 1.82) is 0 Å². The van der Waals surface area contributed by atoms with E-state index >= 15 is 0 Å². The molecular formula is C15H23ClN2O. The van der Waals surface area contributed by atoms with Gasteiger partial charge in [0, 0.05) is 13.1 Å². The number of nitrogens with zero attached hydrogens (tertiary/aromatic N) is 1. The van der Waals surface area contributed by atoms with Crippen LogP contribution in [0, 0.1) is 0 Å². The molecule has 19 heavy (non-hydrogen) atoms. The maximum Gasteiger partial charge on any atom is 0.0805 e. The number of para-hydroxylation sites is 1. The predicted molar refractivity (Wildman–Crippen MR) is 81.0 cm³/mol. The van der Waals surface area contributed by atoms with Gasteiger partial charge in [0.15, 0.2) is 0 Å². The summed E-state index contributed by atoms with van der Waals surface area (Å²) in [6.45, 7) is 8.69. The van der Waals surface area contributed by atoms with Crippen LogP contribution in [0.4, 0.5) is 5.69 Å². The summed E-state index contributed by atoms with van der Waals surface area (Å²) in [5.74, 6) is 0. The molecule has 0 amide bonds. The van der Waals surface area contributed by atoms with E-state index in [4.69, 9.17) is 22.1 Å². The van der Waals surface area contributed by atoms with Crippen LogP contribution in [0.25, 0.3) is 0 Å². The maximum absolute atomic E-state index is 6.42. The Labute approximate surface area is 120 Å². The highest BCUT2D eigenvalue weighted by atomic mass is 35.5. The van der Waals surface area contributed by atoms with Crippen LogP contribution < -0.4 is 10.6 Å². The summed E-state index contributed by atoms with van der Waals surface area (Å²) in [5, 5.41) is 0.802. The van der Waals surface area contributed by atoms with E-state index in [1.54, 1.807) is 0 Å². The number of hydrogen-bond acceptors (Lipinski definition) is 3. The first-order valence-corrected chi connectivity index (χ1v) is 7.21. The zero-order valence-corrected chi connectivity index (χ0v) is 12.7. The third-order valence-corrected chi connectivity index (χ3v) is 3.67. The van der Waals surface area contributed by atoms with Crippen molar-refractivity contribution in [1.82, 2.24) is 0 Å². The highest BCUT2D eigenvalue weighted by Crippen LogP contribution is 2.34. The molecule has 0 bridgehead atoms. The van der Waals surface area contributed by atoms with Gasteiger partial charge in [-0.05, 0) is 45.4 Å². The third-order valence-electron chi connectivity index (χ3n) is 3.37. The quantitative estimate of drug-likeness (QED) is 0.926. The normalized spacial score (nSPS) is 22.6. The first-order chi connectivity index (χ1) is 8.93. The van der Waals surface area contributed by atoms with Crippen molar-refractivity contribution < 1.29 is 4.74 Å².